The van der Waals surface area contributed by atoms with Crippen LogP contribution in [-0.2, 0) is 0 Å². The number of nitrogens with zero attached hydrogens (tertiary/aromatic N) is 1. The summed E-state index contributed by atoms with van der Waals surface area (Å²) >= 11 is 0. The van der Waals surface area contributed by atoms with E-state index in [2.05, 4.69) is 4.99 Å². The molecule has 1 aromatic carbocycles. The molecule has 0 amide bonds. The third-order valence-corrected chi connectivity index (χ3v) is 2.13. The lowest BCUT2D eigenvalue weighted by Gasteiger charge is -2.10. The van der Waals surface area contributed by atoms with Crippen molar-refractivity contribution in [3.63, 3.8) is 0 Å². The van der Waals surface area contributed by atoms with Gasteiger partial charge in [0.05, 0.1) is 5.69 Å². The van der Waals surface area contributed by atoms with E-state index in [9.17, 15) is 0 Å². The summed E-state index contributed by atoms with van der Waals surface area (Å²) in [5.41, 5.74) is 8.91. The molecule has 5 heteroatoms. The average Bonchev–Trinajstić information content (AvgIpc) is 2.28. The highest BCUT2D eigenvalue weighted by Gasteiger charge is 2.10. The number of hydroxylamine groups is 1. The third kappa shape index (κ3) is 2.80. The zero-order valence-corrected chi connectivity index (χ0v) is 9.36. The zero-order chi connectivity index (χ0) is 12.1. The molecule has 16 heavy (non-hydrogen) atoms. The second-order valence-electron chi connectivity index (χ2n) is 3.69. The SMILES string of the molecule is CC(C)C(=N)c1ccccc1N=C(N)NO. The highest BCUT2D eigenvalue weighted by atomic mass is 16.5. The topological polar surface area (TPSA) is 94.5 Å². The van der Waals surface area contributed by atoms with Gasteiger partial charge in [-0.15, -0.1) is 0 Å². The molecule has 0 aliphatic rings. The highest BCUT2D eigenvalue weighted by Crippen LogP contribution is 2.21. The Hall–Kier alpha value is -1.88. The second kappa shape index (κ2) is 5.27. The van der Waals surface area contributed by atoms with E-state index in [1.807, 2.05) is 26.0 Å². The standard InChI is InChI=1S/C11H16N4O/c1-7(2)10(12)8-5-3-4-6-9(8)14-11(13)15-16/h3-7,12,16H,1-2H3,(H3,13,14,15). The van der Waals surface area contributed by atoms with E-state index in [4.69, 9.17) is 16.4 Å². The normalized spacial score (nSPS) is 11.6. The van der Waals surface area contributed by atoms with Gasteiger partial charge in [0.15, 0.2) is 0 Å². The van der Waals surface area contributed by atoms with Gasteiger partial charge < -0.3 is 11.1 Å². The maximum Gasteiger partial charge on any atom is 0.218 e. The summed E-state index contributed by atoms with van der Waals surface area (Å²) in [6.45, 7) is 3.88. The summed E-state index contributed by atoms with van der Waals surface area (Å²) in [5, 5.41) is 16.5. The summed E-state index contributed by atoms with van der Waals surface area (Å²) in [7, 11) is 0. The van der Waals surface area contributed by atoms with Crippen molar-refractivity contribution in [1.82, 2.24) is 5.48 Å². The number of hydrogen-bond donors (Lipinski definition) is 4. The summed E-state index contributed by atoms with van der Waals surface area (Å²) in [5.74, 6) is 0.0173. The predicted molar refractivity (Wildman–Crippen MR) is 64.3 cm³/mol. The minimum absolute atomic E-state index is 0.0935. The van der Waals surface area contributed by atoms with Gasteiger partial charge in [0, 0.05) is 11.3 Å². The number of rotatable bonds is 3. The van der Waals surface area contributed by atoms with Crippen LogP contribution < -0.4 is 11.2 Å². The Kier molecular flexibility index (Phi) is 4.02. The van der Waals surface area contributed by atoms with E-state index in [0.29, 0.717) is 11.4 Å². The molecule has 0 unspecified atom stereocenters. The first-order valence-electron chi connectivity index (χ1n) is 4.98. The molecule has 86 valence electrons. The number of benzene rings is 1. The Morgan fingerprint density at radius 2 is 2.06 bits per heavy atom. The number of hydrogen-bond acceptors (Lipinski definition) is 3. The molecule has 0 atom stereocenters. The molecule has 5 nitrogen and oxygen atoms in total. The molecule has 0 aliphatic heterocycles. The van der Waals surface area contributed by atoms with Crippen molar-refractivity contribution in [2.45, 2.75) is 13.8 Å². The highest BCUT2D eigenvalue weighted by molar-refractivity contribution is 6.04. The van der Waals surface area contributed by atoms with Crippen LogP contribution in [0.15, 0.2) is 29.3 Å². The molecule has 1 rings (SSSR count). The van der Waals surface area contributed by atoms with Gasteiger partial charge in [0.25, 0.3) is 0 Å². The monoisotopic (exact) mass is 220 g/mol. The molecule has 0 aromatic heterocycles. The van der Waals surface area contributed by atoms with Crippen LogP contribution in [0.2, 0.25) is 0 Å². The molecular weight excluding hydrogens is 204 g/mol. The number of nitrogens with two attached hydrogens (primary N) is 1. The maximum absolute atomic E-state index is 8.58. The molecule has 0 radical (unpaired) electrons. The maximum atomic E-state index is 8.58. The van der Waals surface area contributed by atoms with E-state index in [1.54, 1.807) is 17.6 Å². The number of para-hydroxylation sites is 1. The van der Waals surface area contributed by atoms with Gasteiger partial charge in [-0.25, -0.2) is 10.5 Å². The van der Waals surface area contributed by atoms with Crippen molar-refractivity contribution in [2.75, 3.05) is 0 Å². The fraction of sp³-hybridized carbons (Fsp3) is 0.273. The molecular formula is C11H16N4O. The minimum Gasteiger partial charge on any atom is -0.368 e. The molecule has 0 saturated carbocycles. The van der Waals surface area contributed by atoms with Crippen molar-refractivity contribution in [2.24, 2.45) is 16.6 Å². The Morgan fingerprint density at radius 3 is 2.62 bits per heavy atom. The van der Waals surface area contributed by atoms with Gasteiger partial charge in [0.1, 0.15) is 0 Å². The Bertz CT molecular complexity index is 412. The molecule has 0 aliphatic carbocycles. The summed E-state index contributed by atoms with van der Waals surface area (Å²) in [4.78, 5) is 3.97. The van der Waals surface area contributed by atoms with Crippen LogP contribution in [0.1, 0.15) is 19.4 Å². The summed E-state index contributed by atoms with van der Waals surface area (Å²) in [6.07, 6.45) is 0. The lowest BCUT2D eigenvalue weighted by molar-refractivity contribution is 0.233. The van der Waals surface area contributed by atoms with Crippen LogP contribution in [0.25, 0.3) is 0 Å². The van der Waals surface area contributed by atoms with Gasteiger partial charge in [-0.2, -0.15) is 0 Å². The fourth-order valence-corrected chi connectivity index (χ4v) is 1.26. The Labute approximate surface area is 94.5 Å². The average molecular weight is 220 g/mol. The van der Waals surface area contributed by atoms with Gasteiger partial charge in [-0.1, -0.05) is 32.0 Å². The lowest BCUT2D eigenvalue weighted by Crippen LogP contribution is -2.27. The largest absolute Gasteiger partial charge is 0.368 e. The first-order chi connectivity index (χ1) is 7.56. The van der Waals surface area contributed by atoms with Crippen LogP contribution >= 0.6 is 0 Å². The van der Waals surface area contributed by atoms with Crippen molar-refractivity contribution < 1.29 is 5.21 Å². The number of aliphatic imine (C=N–C) groups is 1. The quantitative estimate of drug-likeness (QED) is 0.354. The first kappa shape index (κ1) is 12.2. The smallest absolute Gasteiger partial charge is 0.218 e. The Balaban J connectivity index is 3.15. The van der Waals surface area contributed by atoms with E-state index >= 15 is 0 Å². The lowest BCUT2D eigenvalue weighted by atomic mass is 9.99. The number of nitrogens with one attached hydrogen (secondary N) is 2. The van der Waals surface area contributed by atoms with Gasteiger partial charge in [-0.05, 0) is 12.0 Å². The van der Waals surface area contributed by atoms with Crippen LogP contribution in [0.3, 0.4) is 0 Å². The van der Waals surface area contributed by atoms with Gasteiger partial charge >= 0.3 is 0 Å². The molecule has 0 spiro atoms. The van der Waals surface area contributed by atoms with Crippen LogP contribution in [0.5, 0.6) is 0 Å². The molecule has 0 bridgehead atoms. The van der Waals surface area contributed by atoms with E-state index < -0.39 is 0 Å². The van der Waals surface area contributed by atoms with E-state index in [-0.39, 0.29) is 11.9 Å². The van der Waals surface area contributed by atoms with Crippen molar-refractivity contribution in [3.8, 4) is 0 Å². The molecule has 0 heterocycles. The fourth-order valence-electron chi connectivity index (χ4n) is 1.26. The number of guanidine groups is 1. The van der Waals surface area contributed by atoms with Crippen molar-refractivity contribution in [1.29, 1.82) is 5.41 Å². The molecule has 0 fully saturated rings. The van der Waals surface area contributed by atoms with Gasteiger partial charge in [0.2, 0.25) is 5.96 Å². The second-order valence-corrected chi connectivity index (χ2v) is 3.69. The van der Waals surface area contributed by atoms with E-state index in [0.717, 1.165) is 5.56 Å². The van der Waals surface area contributed by atoms with E-state index in [1.165, 1.54) is 0 Å². The summed E-state index contributed by atoms with van der Waals surface area (Å²) in [6, 6.07) is 7.21. The third-order valence-electron chi connectivity index (χ3n) is 2.13. The predicted octanol–water partition coefficient (Wildman–Crippen LogP) is 1.64. The van der Waals surface area contributed by atoms with Crippen LogP contribution in [-0.4, -0.2) is 16.9 Å². The molecule has 5 N–H and O–H groups in total. The van der Waals surface area contributed by atoms with Gasteiger partial charge in [-0.3, -0.25) is 5.21 Å². The first-order valence-corrected chi connectivity index (χ1v) is 4.98. The zero-order valence-electron chi connectivity index (χ0n) is 9.36. The summed E-state index contributed by atoms with van der Waals surface area (Å²) < 4.78 is 0. The van der Waals surface area contributed by atoms with Crippen LogP contribution in [0, 0.1) is 11.3 Å². The van der Waals surface area contributed by atoms with Crippen molar-refractivity contribution >= 4 is 17.4 Å². The molecule has 1 aromatic rings. The molecule has 0 saturated heterocycles. The van der Waals surface area contributed by atoms with Crippen LogP contribution in [0.4, 0.5) is 5.69 Å². The minimum atomic E-state index is -0.0935. The van der Waals surface area contributed by atoms with Crippen molar-refractivity contribution in [3.05, 3.63) is 29.8 Å². The Morgan fingerprint density at radius 1 is 1.44 bits per heavy atom.